The molecule has 1 unspecified atom stereocenters. The molecule has 3 fully saturated rings. The molecule has 3 saturated heterocycles. The molecule has 0 saturated carbocycles. The molecule has 0 radical (unpaired) electrons. The Morgan fingerprint density at radius 2 is 1.96 bits per heavy atom. The Labute approximate surface area is 141 Å². The van der Waals surface area contributed by atoms with E-state index in [2.05, 4.69) is 10.2 Å². The van der Waals surface area contributed by atoms with Crippen molar-refractivity contribution in [2.45, 2.75) is 18.5 Å². The Morgan fingerprint density at radius 1 is 1.17 bits per heavy atom. The molecule has 1 amide bonds. The Morgan fingerprint density at radius 3 is 2.65 bits per heavy atom. The molecule has 23 heavy (non-hydrogen) atoms. The minimum absolute atomic E-state index is 0.0965. The fourth-order valence-electron chi connectivity index (χ4n) is 3.58. The predicted octanol–water partition coefficient (Wildman–Crippen LogP) is 1.37. The molecule has 1 N–H and O–H groups in total. The first-order valence-corrected chi connectivity index (χ1v) is 8.70. The van der Waals surface area contributed by atoms with Crippen LogP contribution >= 0.6 is 11.6 Å². The third-order valence-corrected chi connectivity index (χ3v) is 5.35. The number of hydrogen-bond acceptors (Lipinski definition) is 4. The van der Waals surface area contributed by atoms with Gasteiger partial charge in [0.1, 0.15) is 0 Å². The molecule has 0 bridgehead atoms. The zero-order valence-corrected chi connectivity index (χ0v) is 13.8. The van der Waals surface area contributed by atoms with Crippen LogP contribution in [0.2, 0.25) is 5.02 Å². The second kappa shape index (κ2) is 6.30. The van der Waals surface area contributed by atoms with Crippen LogP contribution in [0.4, 0.5) is 5.69 Å². The van der Waals surface area contributed by atoms with Gasteiger partial charge in [-0.05, 0) is 18.6 Å². The van der Waals surface area contributed by atoms with E-state index in [1.807, 2.05) is 29.2 Å². The van der Waals surface area contributed by atoms with Gasteiger partial charge in [0.05, 0.1) is 35.9 Å². The number of rotatable bonds is 4. The zero-order chi connectivity index (χ0) is 15.8. The number of ether oxygens (including phenoxy) is 1. The third-order valence-electron chi connectivity index (χ3n) is 5.03. The lowest BCUT2D eigenvalue weighted by molar-refractivity contribution is -0.140. The summed E-state index contributed by atoms with van der Waals surface area (Å²) < 4.78 is 5.16. The maximum atomic E-state index is 12.6. The number of amides is 1. The van der Waals surface area contributed by atoms with E-state index in [1.54, 1.807) is 0 Å². The smallest absolute Gasteiger partial charge is 0.227 e. The van der Waals surface area contributed by atoms with Gasteiger partial charge in [0.25, 0.3) is 0 Å². The molecule has 0 aliphatic carbocycles. The third kappa shape index (κ3) is 3.05. The highest BCUT2D eigenvalue weighted by atomic mass is 35.5. The Bertz CT molecular complexity index is 587. The normalized spacial score (nSPS) is 25.3. The minimum Gasteiger partial charge on any atom is -0.378 e. The number of carbonyl (C=O) groups is 1. The van der Waals surface area contributed by atoms with Crippen molar-refractivity contribution in [3.63, 3.8) is 0 Å². The molecule has 1 atom stereocenters. The van der Waals surface area contributed by atoms with Crippen LogP contribution in [-0.2, 0) is 9.53 Å². The molecule has 5 nitrogen and oxygen atoms in total. The van der Waals surface area contributed by atoms with Crippen LogP contribution in [0.5, 0.6) is 0 Å². The van der Waals surface area contributed by atoms with Crippen LogP contribution in [0.25, 0.3) is 0 Å². The summed E-state index contributed by atoms with van der Waals surface area (Å²) in [5, 5.41) is 4.28. The molecule has 3 aliphatic rings. The first-order chi connectivity index (χ1) is 11.2. The summed E-state index contributed by atoms with van der Waals surface area (Å²) in [6.45, 7) is 4.94. The summed E-state index contributed by atoms with van der Waals surface area (Å²) >= 11 is 6.26. The molecule has 0 spiro atoms. The first kappa shape index (κ1) is 15.2. The summed E-state index contributed by atoms with van der Waals surface area (Å²) in [6.07, 6.45) is 0.912. The molecule has 1 aromatic rings. The van der Waals surface area contributed by atoms with Crippen LogP contribution in [0.1, 0.15) is 6.42 Å². The number of anilines is 1. The number of nitrogens with one attached hydrogen (secondary N) is 1. The summed E-state index contributed by atoms with van der Waals surface area (Å²) in [5.41, 5.74) is 1.04. The van der Waals surface area contributed by atoms with E-state index in [9.17, 15) is 4.79 Å². The lowest BCUT2D eigenvalue weighted by Gasteiger charge is -2.44. The van der Waals surface area contributed by atoms with Gasteiger partial charge in [-0.25, -0.2) is 0 Å². The van der Waals surface area contributed by atoms with Crippen molar-refractivity contribution < 1.29 is 9.53 Å². The highest BCUT2D eigenvalue weighted by Gasteiger charge is 2.38. The van der Waals surface area contributed by atoms with E-state index in [1.165, 1.54) is 0 Å². The number of likely N-dealkylation sites (tertiary alicyclic amines) is 1. The predicted molar refractivity (Wildman–Crippen MR) is 89.9 cm³/mol. The van der Waals surface area contributed by atoms with E-state index in [4.69, 9.17) is 16.3 Å². The van der Waals surface area contributed by atoms with Crippen LogP contribution in [-0.4, -0.2) is 62.3 Å². The SMILES string of the molecule is O=C(C1CCN(c2ccccc2Cl)C1)N1CC(NC2COC2)C1. The average molecular weight is 336 g/mol. The van der Waals surface area contributed by atoms with E-state index < -0.39 is 0 Å². The fourth-order valence-corrected chi connectivity index (χ4v) is 3.83. The zero-order valence-electron chi connectivity index (χ0n) is 13.1. The molecule has 4 rings (SSSR count). The number of nitrogens with zero attached hydrogens (tertiary/aromatic N) is 2. The Balaban J connectivity index is 1.28. The van der Waals surface area contributed by atoms with Crippen LogP contribution in [0.3, 0.4) is 0 Å². The first-order valence-electron chi connectivity index (χ1n) is 8.33. The summed E-state index contributed by atoms with van der Waals surface area (Å²) in [7, 11) is 0. The Kier molecular flexibility index (Phi) is 4.18. The number of benzene rings is 1. The van der Waals surface area contributed by atoms with Gasteiger partial charge in [-0.1, -0.05) is 23.7 Å². The second-order valence-corrected chi connectivity index (χ2v) is 7.13. The lowest BCUT2D eigenvalue weighted by Crippen LogP contribution is -2.65. The maximum absolute atomic E-state index is 12.6. The largest absolute Gasteiger partial charge is 0.378 e. The standard InChI is InChI=1S/C17H22ClN3O2/c18-15-3-1-2-4-16(15)20-6-5-12(7-20)17(22)21-8-13(9-21)19-14-10-23-11-14/h1-4,12-14,19H,5-11H2. The van der Waals surface area contributed by atoms with Crippen LogP contribution < -0.4 is 10.2 Å². The molecule has 124 valence electrons. The van der Waals surface area contributed by atoms with Crippen molar-refractivity contribution in [2.24, 2.45) is 5.92 Å². The number of carbonyl (C=O) groups excluding carboxylic acids is 1. The molecule has 3 heterocycles. The molecule has 3 aliphatic heterocycles. The average Bonchev–Trinajstić information content (AvgIpc) is 2.93. The van der Waals surface area contributed by atoms with Crippen molar-refractivity contribution in [1.29, 1.82) is 0 Å². The van der Waals surface area contributed by atoms with Gasteiger partial charge >= 0.3 is 0 Å². The van der Waals surface area contributed by atoms with Crippen molar-refractivity contribution in [1.82, 2.24) is 10.2 Å². The van der Waals surface area contributed by atoms with Gasteiger partial charge in [0, 0.05) is 32.2 Å². The van der Waals surface area contributed by atoms with Crippen molar-refractivity contribution in [2.75, 3.05) is 44.3 Å². The maximum Gasteiger partial charge on any atom is 0.227 e. The quantitative estimate of drug-likeness (QED) is 0.902. The van der Waals surface area contributed by atoms with Gasteiger partial charge in [0.2, 0.25) is 5.91 Å². The molecular formula is C17H22ClN3O2. The highest BCUT2D eigenvalue weighted by Crippen LogP contribution is 2.31. The fraction of sp³-hybridized carbons (Fsp3) is 0.588. The number of halogens is 1. The summed E-state index contributed by atoms with van der Waals surface area (Å²) in [4.78, 5) is 16.8. The van der Waals surface area contributed by atoms with Gasteiger partial charge in [-0.3, -0.25) is 4.79 Å². The van der Waals surface area contributed by atoms with Crippen molar-refractivity contribution in [3.05, 3.63) is 29.3 Å². The Hall–Kier alpha value is -1.30. The summed E-state index contributed by atoms with van der Waals surface area (Å²) in [6, 6.07) is 8.78. The van der Waals surface area contributed by atoms with Gasteiger partial charge in [0.15, 0.2) is 0 Å². The number of hydrogen-bond donors (Lipinski definition) is 1. The van der Waals surface area contributed by atoms with E-state index >= 15 is 0 Å². The molecule has 0 aromatic heterocycles. The molecular weight excluding hydrogens is 314 g/mol. The van der Waals surface area contributed by atoms with Gasteiger partial charge < -0.3 is 19.9 Å². The van der Waals surface area contributed by atoms with E-state index in [0.717, 1.165) is 56.5 Å². The molecule has 1 aromatic carbocycles. The van der Waals surface area contributed by atoms with Crippen molar-refractivity contribution in [3.8, 4) is 0 Å². The highest BCUT2D eigenvalue weighted by molar-refractivity contribution is 6.33. The van der Waals surface area contributed by atoms with Crippen molar-refractivity contribution >= 4 is 23.2 Å². The second-order valence-electron chi connectivity index (χ2n) is 6.72. The van der Waals surface area contributed by atoms with Crippen LogP contribution in [0, 0.1) is 5.92 Å². The molecule has 6 heteroatoms. The monoisotopic (exact) mass is 335 g/mol. The van der Waals surface area contributed by atoms with E-state index in [0.29, 0.717) is 18.0 Å². The minimum atomic E-state index is 0.0965. The van der Waals surface area contributed by atoms with Gasteiger partial charge in [-0.15, -0.1) is 0 Å². The lowest BCUT2D eigenvalue weighted by atomic mass is 10.0. The van der Waals surface area contributed by atoms with Gasteiger partial charge in [-0.2, -0.15) is 0 Å². The van der Waals surface area contributed by atoms with E-state index in [-0.39, 0.29) is 5.92 Å². The summed E-state index contributed by atoms with van der Waals surface area (Å²) in [5.74, 6) is 0.390. The number of para-hydroxylation sites is 1. The topological polar surface area (TPSA) is 44.8 Å². The van der Waals surface area contributed by atoms with Crippen LogP contribution in [0.15, 0.2) is 24.3 Å².